The summed E-state index contributed by atoms with van der Waals surface area (Å²) in [6.45, 7) is 2.00. The van der Waals surface area contributed by atoms with E-state index in [4.69, 9.17) is 5.73 Å². The summed E-state index contributed by atoms with van der Waals surface area (Å²) in [6, 6.07) is 0.0121. The van der Waals surface area contributed by atoms with Gasteiger partial charge in [-0.2, -0.15) is 11.8 Å². The first-order valence-corrected chi connectivity index (χ1v) is 6.67. The highest BCUT2D eigenvalue weighted by atomic mass is 32.2. The quantitative estimate of drug-likeness (QED) is 0.450. The number of thioether (sulfide) groups is 1. The van der Waals surface area contributed by atoms with E-state index in [2.05, 4.69) is 22.9 Å². The van der Waals surface area contributed by atoms with Gasteiger partial charge in [0.2, 0.25) is 0 Å². The van der Waals surface area contributed by atoms with Crippen molar-refractivity contribution < 1.29 is 9.59 Å². The van der Waals surface area contributed by atoms with E-state index in [0.29, 0.717) is 0 Å². The van der Waals surface area contributed by atoms with Gasteiger partial charge in [0.1, 0.15) is 0 Å². The molecule has 7 heteroatoms. The van der Waals surface area contributed by atoms with Crippen LogP contribution in [-0.2, 0) is 9.59 Å². The van der Waals surface area contributed by atoms with Gasteiger partial charge in [-0.15, -0.1) is 0 Å². The maximum absolute atomic E-state index is 11.4. The molecule has 0 bridgehead atoms. The van der Waals surface area contributed by atoms with Crippen molar-refractivity contribution in [3.05, 3.63) is 0 Å². The Kier molecular flexibility index (Phi) is 7.92. The van der Waals surface area contributed by atoms with E-state index in [1.165, 1.54) is 0 Å². The Morgan fingerprint density at radius 1 is 1.44 bits per heavy atom. The molecule has 4 N–H and O–H groups in total. The minimum atomic E-state index is -0.702. The summed E-state index contributed by atoms with van der Waals surface area (Å²) in [5.74, 6) is -0.560. The van der Waals surface area contributed by atoms with Crippen LogP contribution in [-0.4, -0.2) is 41.4 Å². The van der Waals surface area contributed by atoms with Gasteiger partial charge >= 0.3 is 11.8 Å². The van der Waals surface area contributed by atoms with Gasteiger partial charge in [-0.3, -0.25) is 9.59 Å². The van der Waals surface area contributed by atoms with Crippen molar-refractivity contribution in [2.75, 3.05) is 18.6 Å². The first kappa shape index (κ1) is 15.2. The number of nitrogens with two attached hydrogens (primary N) is 1. The van der Waals surface area contributed by atoms with E-state index in [1.807, 2.05) is 13.2 Å². The second kappa shape index (κ2) is 8.35. The highest BCUT2D eigenvalue weighted by Crippen LogP contribution is 2.00. The van der Waals surface area contributed by atoms with Crippen molar-refractivity contribution in [1.29, 1.82) is 0 Å². The lowest BCUT2D eigenvalue weighted by atomic mass is 10.2. The van der Waals surface area contributed by atoms with Gasteiger partial charge in [0.05, 0.1) is 11.5 Å². The summed E-state index contributed by atoms with van der Waals surface area (Å²) in [6.07, 6.45) is 2.73. The van der Waals surface area contributed by atoms with Crippen LogP contribution in [0, 0.1) is 0 Å². The molecule has 0 fully saturated rings. The van der Waals surface area contributed by atoms with Crippen LogP contribution in [0.1, 0.15) is 13.3 Å². The molecule has 5 nitrogen and oxygen atoms in total. The normalized spacial score (nSPS) is 11.6. The average Bonchev–Trinajstić information content (AvgIpc) is 2.24. The van der Waals surface area contributed by atoms with E-state index >= 15 is 0 Å². The predicted octanol–water partition coefficient (Wildman–Crippen LogP) is -0.353. The SMILES string of the molecule is CCC(CSC)NC(=O)C(=O)NCC(N)=S. The largest absolute Gasteiger partial charge is 0.392 e. The van der Waals surface area contributed by atoms with Crippen LogP contribution >= 0.6 is 24.0 Å². The molecule has 0 rings (SSSR count). The number of nitrogens with one attached hydrogen (secondary N) is 2. The van der Waals surface area contributed by atoms with Crippen molar-refractivity contribution in [3.63, 3.8) is 0 Å². The van der Waals surface area contributed by atoms with Gasteiger partial charge < -0.3 is 16.4 Å². The molecule has 0 aromatic rings. The zero-order chi connectivity index (χ0) is 12.6. The topological polar surface area (TPSA) is 84.2 Å². The Morgan fingerprint density at radius 2 is 2.06 bits per heavy atom. The number of carbonyl (C=O) groups excluding carboxylic acids is 2. The smallest absolute Gasteiger partial charge is 0.309 e. The zero-order valence-electron chi connectivity index (χ0n) is 9.41. The van der Waals surface area contributed by atoms with Crippen LogP contribution in [0.15, 0.2) is 0 Å². The molecule has 1 unspecified atom stereocenters. The van der Waals surface area contributed by atoms with E-state index in [0.717, 1.165) is 12.2 Å². The lowest BCUT2D eigenvalue weighted by Crippen LogP contribution is -2.46. The second-order valence-corrected chi connectivity index (χ2v) is 4.62. The molecule has 0 aromatic carbocycles. The van der Waals surface area contributed by atoms with E-state index in [1.54, 1.807) is 11.8 Å². The van der Waals surface area contributed by atoms with Gasteiger partial charge in [0.15, 0.2) is 0 Å². The number of hydrogen-bond donors (Lipinski definition) is 3. The van der Waals surface area contributed by atoms with Crippen molar-refractivity contribution in [2.24, 2.45) is 5.73 Å². The molecule has 0 radical (unpaired) electrons. The molecular formula is C9H17N3O2S2. The minimum Gasteiger partial charge on any atom is -0.392 e. The molecule has 0 aromatic heterocycles. The van der Waals surface area contributed by atoms with Gasteiger partial charge in [-0.05, 0) is 12.7 Å². The number of thiocarbonyl (C=S) groups is 1. The summed E-state index contributed by atoms with van der Waals surface area (Å²) in [4.78, 5) is 22.8. The summed E-state index contributed by atoms with van der Waals surface area (Å²) in [5, 5.41) is 4.96. The Balaban J connectivity index is 4.02. The third-order valence-electron chi connectivity index (χ3n) is 1.83. The van der Waals surface area contributed by atoms with Crippen molar-refractivity contribution >= 4 is 40.8 Å². The van der Waals surface area contributed by atoms with Gasteiger partial charge in [0, 0.05) is 11.8 Å². The van der Waals surface area contributed by atoms with Crippen LogP contribution < -0.4 is 16.4 Å². The van der Waals surface area contributed by atoms with Crippen LogP contribution in [0.2, 0.25) is 0 Å². The highest BCUT2D eigenvalue weighted by molar-refractivity contribution is 7.98. The van der Waals surface area contributed by atoms with Gasteiger partial charge in [0.25, 0.3) is 0 Å². The van der Waals surface area contributed by atoms with Gasteiger partial charge in [-0.1, -0.05) is 19.1 Å². The van der Waals surface area contributed by atoms with Crippen molar-refractivity contribution in [1.82, 2.24) is 10.6 Å². The van der Waals surface area contributed by atoms with Crippen LogP contribution in [0.5, 0.6) is 0 Å². The fraction of sp³-hybridized carbons (Fsp3) is 0.667. The zero-order valence-corrected chi connectivity index (χ0v) is 11.0. The lowest BCUT2D eigenvalue weighted by molar-refractivity contribution is -0.139. The molecule has 0 aliphatic heterocycles. The standard InChI is InChI=1S/C9H17N3O2S2/c1-3-6(5-16-2)12-9(14)8(13)11-4-7(10)15/h6H,3-5H2,1-2H3,(H2,10,15)(H,11,13)(H,12,14). The van der Waals surface area contributed by atoms with Gasteiger partial charge in [-0.25, -0.2) is 0 Å². The molecule has 0 heterocycles. The predicted molar refractivity (Wildman–Crippen MR) is 70.4 cm³/mol. The molecule has 1 atom stereocenters. The molecule has 0 saturated heterocycles. The monoisotopic (exact) mass is 263 g/mol. The third-order valence-corrected chi connectivity index (χ3v) is 2.71. The van der Waals surface area contributed by atoms with E-state index < -0.39 is 11.8 Å². The van der Waals surface area contributed by atoms with Crippen molar-refractivity contribution in [3.8, 4) is 0 Å². The third kappa shape index (κ3) is 6.62. The maximum Gasteiger partial charge on any atom is 0.309 e. The summed E-state index contributed by atoms with van der Waals surface area (Å²) >= 11 is 6.20. The molecule has 92 valence electrons. The van der Waals surface area contributed by atoms with Crippen LogP contribution in [0.3, 0.4) is 0 Å². The Labute approximate surface area is 105 Å². The van der Waals surface area contributed by atoms with E-state index in [-0.39, 0.29) is 17.6 Å². The maximum atomic E-state index is 11.4. The minimum absolute atomic E-state index is 0.0121. The molecule has 2 amide bonds. The Bertz CT molecular complexity index is 271. The molecule has 16 heavy (non-hydrogen) atoms. The molecule has 0 spiro atoms. The number of rotatable bonds is 6. The number of amides is 2. The Hall–Kier alpha value is -0.820. The molecule has 0 aliphatic rings. The second-order valence-electron chi connectivity index (χ2n) is 3.18. The first-order chi connectivity index (χ1) is 7.51. The van der Waals surface area contributed by atoms with Crippen molar-refractivity contribution in [2.45, 2.75) is 19.4 Å². The van der Waals surface area contributed by atoms with E-state index in [9.17, 15) is 9.59 Å². The summed E-state index contributed by atoms with van der Waals surface area (Å²) in [7, 11) is 0. The molecule has 0 saturated carbocycles. The molecule has 0 aliphatic carbocycles. The summed E-state index contributed by atoms with van der Waals surface area (Å²) < 4.78 is 0. The highest BCUT2D eigenvalue weighted by Gasteiger charge is 2.16. The first-order valence-electron chi connectivity index (χ1n) is 4.87. The fourth-order valence-electron chi connectivity index (χ4n) is 0.961. The lowest BCUT2D eigenvalue weighted by Gasteiger charge is -2.15. The summed E-state index contributed by atoms with van der Waals surface area (Å²) in [5.41, 5.74) is 5.20. The number of hydrogen-bond acceptors (Lipinski definition) is 4. The van der Waals surface area contributed by atoms with Crippen LogP contribution in [0.25, 0.3) is 0 Å². The fourth-order valence-corrected chi connectivity index (χ4v) is 1.75. The Morgan fingerprint density at radius 3 is 2.50 bits per heavy atom. The number of carbonyl (C=O) groups is 2. The molecular weight excluding hydrogens is 246 g/mol. The average molecular weight is 263 g/mol. The van der Waals surface area contributed by atoms with Crippen LogP contribution in [0.4, 0.5) is 0 Å².